The van der Waals surface area contributed by atoms with Gasteiger partial charge < -0.3 is 10.3 Å². The summed E-state index contributed by atoms with van der Waals surface area (Å²) in [6.45, 7) is 0. The molecule has 0 atom stereocenters. The molecule has 4 nitrogen and oxygen atoms in total. The zero-order valence-corrected chi connectivity index (χ0v) is 9.19. The van der Waals surface area contributed by atoms with Crippen molar-refractivity contribution in [1.29, 1.82) is 0 Å². The van der Waals surface area contributed by atoms with Gasteiger partial charge in [-0.3, -0.25) is 0 Å². The molecule has 0 saturated carbocycles. The Bertz CT molecular complexity index is 464. The summed E-state index contributed by atoms with van der Waals surface area (Å²) in [6, 6.07) is 5.72. The molecule has 0 unspecified atom stereocenters. The van der Waals surface area contributed by atoms with E-state index in [2.05, 4.69) is 26.1 Å². The third-order valence-electron chi connectivity index (χ3n) is 1.97. The van der Waals surface area contributed by atoms with Crippen molar-refractivity contribution in [2.45, 2.75) is 0 Å². The topological polar surface area (TPSA) is 56.7 Å². The van der Waals surface area contributed by atoms with Crippen molar-refractivity contribution in [2.24, 2.45) is 7.05 Å². The number of halogens is 1. The van der Waals surface area contributed by atoms with Crippen LogP contribution in [0.1, 0.15) is 0 Å². The fourth-order valence-electron chi connectivity index (χ4n) is 1.23. The zero-order valence-electron chi connectivity index (χ0n) is 7.61. The minimum Gasteiger partial charge on any atom is -0.398 e. The highest BCUT2D eigenvalue weighted by molar-refractivity contribution is 9.10. The summed E-state index contributed by atoms with van der Waals surface area (Å²) < 4.78 is 2.74. The molecule has 0 aliphatic carbocycles. The van der Waals surface area contributed by atoms with Crippen LogP contribution in [0, 0.1) is 0 Å². The average Bonchev–Trinajstić information content (AvgIpc) is 2.57. The van der Waals surface area contributed by atoms with Crippen LogP contribution < -0.4 is 5.73 Å². The van der Waals surface area contributed by atoms with Crippen LogP contribution in [0.5, 0.6) is 0 Å². The third-order valence-corrected chi connectivity index (χ3v) is 2.69. The van der Waals surface area contributed by atoms with Gasteiger partial charge in [0.2, 0.25) is 0 Å². The number of nitrogen functional groups attached to an aromatic ring is 1. The Morgan fingerprint density at radius 1 is 1.43 bits per heavy atom. The van der Waals surface area contributed by atoms with Crippen molar-refractivity contribution in [2.75, 3.05) is 5.73 Å². The number of nitrogens with zero attached hydrogens (tertiary/aromatic N) is 3. The largest absolute Gasteiger partial charge is 0.398 e. The molecular formula is C9H9BrN4. The maximum Gasteiger partial charge on any atom is 0.163 e. The van der Waals surface area contributed by atoms with Crippen molar-refractivity contribution in [3.8, 4) is 11.4 Å². The molecule has 14 heavy (non-hydrogen) atoms. The van der Waals surface area contributed by atoms with E-state index in [0.717, 1.165) is 15.9 Å². The second kappa shape index (κ2) is 3.42. The summed E-state index contributed by atoms with van der Waals surface area (Å²) in [6.07, 6.45) is 1.66. The number of rotatable bonds is 1. The minimum absolute atomic E-state index is 0.700. The highest BCUT2D eigenvalue weighted by atomic mass is 79.9. The Balaban J connectivity index is 2.53. The van der Waals surface area contributed by atoms with E-state index in [1.54, 1.807) is 6.33 Å². The van der Waals surface area contributed by atoms with E-state index < -0.39 is 0 Å². The molecular weight excluding hydrogens is 244 g/mol. The predicted molar refractivity (Wildman–Crippen MR) is 58.6 cm³/mol. The molecule has 2 aromatic rings. The molecule has 0 spiro atoms. The van der Waals surface area contributed by atoms with Gasteiger partial charge in [-0.05, 0) is 34.1 Å². The van der Waals surface area contributed by atoms with E-state index in [9.17, 15) is 0 Å². The molecule has 1 aromatic carbocycles. The first-order chi connectivity index (χ1) is 6.68. The van der Waals surface area contributed by atoms with Gasteiger partial charge in [0.1, 0.15) is 6.33 Å². The zero-order chi connectivity index (χ0) is 10.1. The Hall–Kier alpha value is -1.36. The molecule has 72 valence electrons. The summed E-state index contributed by atoms with van der Waals surface area (Å²) in [5.74, 6) is 0.809. The van der Waals surface area contributed by atoms with E-state index in [4.69, 9.17) is 5.73 Å². The number of aryl methyl sites for hydroxylation is 1. The monoisotopic (exact) mass is 252 g/mol. The predicted octanol–water partition coefficient (Wildman–Crippen LogP) is 1.83. The summed E-state index contributed by atoms with van der Waals surface area (Å²) in [5.41, 5.74) is 7.44. The molecule has 1 heterocycles. The number of aromatic nitrogens is 3. The van der Waals surface area contributed by atoms with Gasteiger partial charge in [0, 0.05) is 22.8 Å². The molecule has 0 amide bonds. The second-order valence-electron chi connectivity index (χ2n) is 3.00. The van der Waals surface area contributed by atoms with E-state index in [0.29, 0.717) is 5.69 Å². The summed E-state index contributed by atoms with van der Waals surface area (Å²) in [5, 5.41) is 7.81. The molecule has 0 aliphatic heterocycles. The molecule has 2 rings (SSSR count). The summed E-state index contributed by atoms with van der Waals surface area (Å²) in [7, 11) is 1.90. The van der Waals surface area contributed by atoms with Crippen molar-refractivity contribution < 1.29 is 0 Å². The SMILES string of the molecule is Cn1cnnc1-c1ccc(Br)c(N)c1. The molecule has 1 aromatic heterocycles. The first-order valence-electron chi connectivity index (χ1n) is 4.08. The van der Waals surface area contributed by atoms with E-state index in [1.807, 2.05) is 29.8 Å². The fourth-order valence-corrected chi connectivity index (χ4v) is 1.47. The highest BCUT2D eigenvalue weighted by Crippen LogP contribution is 2.25. The van der Waals surface area contributed by atoms with Gasteiger partial charge in [-0.1, -0.05) is 0 Å². The first-order valence-corrected chi connectivity index (χ1v) is 4.87. The Morgan fingerprint density at radius 2 is 2.21 bits per heavy atom. The lowest BCUT2D eigenvalue weighted by molar-refractivity contribution is 0.920. The van der Waals surface area contributed by atoms with E-state index in [-0.39, 0.29) is 0 Å². The molecule has 0 saturated heterocycles. The molecule has 0 bridgehead atoms. The quantitative estimate of drug-likeness (QED) is 0.789. The standard InChI is InChI=1S/C9H9BrN4/c1-14-5-12-13-9(14)6-2-3-7(10)8(11)4-6/h2-5H,11H2,1H3. The number of nitrogens with two attached hydrogens (primary N) is 1. The minimum atomic E-state index is 0.700. The van der Waals surface area contributed by atoms with Crippen LogP contribution >= 0.6 is 15.9 Å². The van der Waals surface area contributed by atoms with Crippen LogP contribution in [0.4, 0.5) is 5.69 Å². The molecule has 2 N–H and O–H groups in total. The number of anilines is 1. The van der Waals surface area contributed by atoms with Crippen LogP contribution in [0.3, 0.4) is 0 Å². The van der Waals surface area contributed by atoms with Crippen LogP contribution in [0.2, 0.25) is 0 Å². The van der Waals surface area contributed by atoms with Gasteiger partial charge in [-0.25, -0.2) is 0 Å². The third kappa shape index (κ3) is 1.50. The Morgan fingerprint density at radius 3 is 2.79 bits per heavy atom. The van der Waals surface area contributed by atoms with Gasteiger partial charge >= 0.3 is 0 Å². The van der Waals surface area contributed by atoms with Crippen molar-refractivity contribution >= 4 is 21.6 Å². The van der Waals surface area contributed by atoms with Crippen LogP contribution in [0.15, 0.2) is 29.0 Å². The lowest BCUT2D eigenvalue weighted by Gasteiger charge is -2.02. The van der Waals surface area contributed by atoms with Crippen molar-refractivity contribution in [3.05, 3.63) is 29.0 Å². The van der Waals surface area contributed by atoms with Gasteiger partial charge in [0.05, 0.1) is 0 Å². The molecule has 0 aliphatic rings. The summed E-state index contributed by atoms with van der Waals surface area (Å²) >= 11 is 3.34. The van der Waals surface area contributed by atoms with Crippen LogP contribution in [-0.4, -0.2) is 14.8 Å². The lowest BCUT2D eigenvalue weighted by atomic mass is 10.2. The van der Waals surface area contributed by atoms with E-state index in [1.165, 1.54) is 0 Å². The highest BCUT2D eigenvalue weighted by Gasteiger charge is 2.05. The molecule has 0 fully saturated rings. The number of hydrogen-bond acceptors (Lipinski definition) is 3. The second-order valence-corrected chi connectivity index (χ2v) is 3.86. The van der Waals surface area contributed by atoms with Gasteiger partial charge in [-0.15, -0.1) is 10.2 Å². The molecule has 5 heteroatoms. The number of benzene rings is 1. The van der Waals surface area contributed by atoms with Gasteiger partial charge in [0.25, 0.3) is 0 Å². The van der Waals surface area contributed by atoms with E-state index >= 15 is 0 Å². The normalized spacial score (nSPS) is 10.4. The van der Waals surface area contributed by atoms with Gasteiger partial charge in [0.15, 0.2) is 5.82 Å². The summed E-state index contributed by atoms with van der Waals surface area (Å²) in [4.78, 5) is 0. The Kier molecular flexibility index (Phi) is 2.25. The first kappa shape index (κ1) is 9.21. The smallest absolute Gasteiger partial charge is 0.163 e. The lowest BCUT2D eigenvalue weighted by Crippen LogP contribution is -1.93. The maximum atomic E-state index is 5.77. The van der Waals surface area contributed by atoms with Crippen molar-refractivity contribution in [3.63, 3.8) is 0 Å². The number of hydrogen-bond donors (Lipinski definition) is 1. The van der Waals surface area contributed by atoms with Crippen molar-refractivity contribution in [1.82, 2.24) is 14.8 Å². The Labute approximate surface area is 89.9 Å². The fraction of sp³-hybridized carbons (Fsp3) is 0.111. The average molecular weight is 253 g/mol. The maximum absolute atomic E-state index is 5.77. The van der Waals surface area contributed by atoms with Gasteiger partial charge in [-0.2, -0.15) is 0 Å². The van der Waals surface area contributed by atoms with Crippen LogP contribution in [-0.2, 0) is 7.05 Å². The van der Waals surface area contributed by atoms with Crippen LogP contribution in [0.25, 0.3) is 11.4 Å². The molecule has 0 radical (unpaired) electrons.